The van der Waals surface area contributed by atoms with E-state index in [9.17, 15) is 4.79 Å². The van der Waals surface area contributed by atoms with Crippen molar-refractivity contribution in [2.24, 2.45) is 5.92 Å². The maximum Gasteiger partial charge on any atom is 0.308 e. The van der Waals surface area contributed by atoms with E-state index >= 15 is 0 Å². The van der Waals surface area contributed by atoms with E-state index < -0.39 is 11.9 Å². The van der Waals surface area contributed by atoms with Crippen molar-refractivity contribution in [3.8, 4) is 11.6 Å². The van der Waals surface area contributed by atoms with Crippen molar-refractivity contribution < 1.29 is 14.3 Å². The molecular weight excluding hydrogens is 292 g/mol. The summed E-state index contributed by atoms with van der Waals surface area (Å²) in [5, 5.41) is 19.9. The number of furan rings is 1. The molecule has 0 aromatic carbocycles. The first-order chi connectivity index (χ1) is 8.08. The molecular formula is C9H9BrN4O3. The fourth-order valence-electron chi connectivity index (χ4n) is 1.28. The van der Waals surface area contributed by atoms with Crippen molar-refractivity contribution in [3.05, 3.63) is 16.8 Å². The van der Waals surface area contributed by atoms with Gasteiger partial charge in [0.05, 0.1) is 12.5 Å². The molecule has 7 nitrogen and oxygen atoms in total. The van der Waals surface area contributed by atoms with Crippen LogP contribution in [0.25, 0.3) is 11.6 Å². The van der Waals surface area contributed by atoms with Gasteiger partial charge in [-0.15, -0.1) is 5.10 Å². The van der Waals surface area contributed by atoms with Crippen LogP contribution in [0.1, 0.15) is 6.92 Å². The van der Waals surface area contributed by atoms with Crippen LogP contribution in [0.15, 0.2) is 21.2 Å². The second kappa shape index (κ2) is 4.66. The summed E-state index contributed by atoms with van der Waals surface area (Å²) in [5.74, 6) is -0.578. The maximum atomic E-state index is 10.8. The minimum atomic E-state index is -0.896. The van der Waals surface area contributed by atoms with Crippen LogP contribution in [-0.4, -0.2) is 31.3 Å². The van der Waals surface area contributed by atoms with Crippen LogP contribution in [0, 0.1) is 5.92 Å². The summed E-state index contributed by atoms with van der Waals surface area (Å²) < 4.78 is 7.29. The minimum absolute atomic E-state index is 0.190. The topological polar surface area (TPSA) is 94.0 Å². The number of carbonyl (C=O) groups is 1. The normalized spacial score (nSPS) is 12.6. The highest BCUT2D eigenvalue weighted by Crippen LogP contribution is 2.22. The summed E-state index contributed by atoms with van der Waals surface area (Å²) in [5.41, 5.74) is 0. The number of hydrogen-bond acceptors (Lipinski definition) is 5. The second-order valence-electron chi connectivity index (χ2n) is 3.53. The summed E-state index contributed by atoms with van der Waals surface area (Å²) in [6.07, 6.45) is 0. The van der Waals surface area contributed by atoms with Gasteiger partial charge in [0.2, 0.25) is 5.82 Å². The molecule has 0 radical (unpaired) electrons. The summed E-state index contributed by atoms with van der Waals surface area (Å²) in [6, 6.07) is 3.42. The van der Waals surface area contributed by atoms with Crippen molar-refractivity contribution in [1.82, 2.24) is 20.2 Å². The Morgan fingerprint density at radius 3 is 3.00 bits per heavy atom. The maximum absolute atomic E-state index is 10.8. The number of tetrazole rings is 1. The van der Waals surface area contributed by atoms with Gasteiger partial charge in [-0.1, -0.05) is 6.92 Å². The lowest BCUT2D eigenvalue weighted by Crippen LogP contribution is -2.18. The largest absolute Gasteiger partial charge is 0.481 e. The Bertz CT molecular complexity index is 536. The molecule has 90 valence electrons. The Balaban J connectivity index is 2.26. The molecule has 1 atom stereocenters. The first-order valence-electron chi connectivity index (χ1n) is 4.82. The van der Waals surface area contributed by atoms with Crippen LogP contribution in [0.5, 0.6) is 0 Å². The summed E-state index contributed by atoms with van der Waals surface area (Å²) in [7, 11) is 0. The van der Waals surface area contributed by atoms with E-state index in [-0.39, 0.29) is 6.54 Å². The molecule has 0 fully saturated rings. The van der Waals surface area contributed by atoms with Crippen LogP contribution in [0.3, 0.4) is 0 Å². The van der Waals surface area contributed by atoms with E-state index in [1.807, 2.05) is 0 Å². The molecule has 0 aliphatic heterocycles. The van der Waals surface area contributed by atoms with Crippen LogP contribution in [0.4, 0.5) is 0 Å². The lowest BCUT2D eigenvalue weighted by molar-refractivity contribution is -0.141. The smallest absolute Gasteiger partial charge is 0.308 e. The van der Waals surface area contributed by atoms with Gasteiger partial charge in [-0.05, 0) is 38.5 Å². The van der Waals surface area contributed by atoms with Gasteiger partial charge < -0.3 is 9.52 Å². The first-order valence-corrected chi connectivity index (χ1v) is 5.62. The van der Waals surface area contributed by atoms with E-state index in [1.54, 1.807) is 19.1 Å². The summed E-state index contributed by atoms with van der Waals surface area (Å²) in [4.78, 5) is 10.8. The van der Waals surface area contributed by atoms with Gasteiger partial charge in [-0.3, -0.25) is 4.79 Å². The Morgan fingerprint density at radius 1 is 1.65 bits per heavy atom. The summed E-state index contributed by atoms with van der Waals surface area (Å²) >= 11 is 3.18. The molecule has 17 heavy (non-hydrogen) atoms. The quantitative estimate of drug-likeness (QED) is 0.917. The third-order valence-corrected chi connectivity index (χ3v) is 2.62. The molecule has 0 bridgehead atoms. The van der Waals surface area contributed by atoms with Crippen LogP contribution in [0.2, 0.25) is 0 Å². The lowest BCUT2D eigenvalue weighted by atomic mass is 10.2. The number of carboxylic acids is 1. The molecule has 1 N–H and O–H groups in total. The molecule has 0 saturated heterocycles. The Morgan fingerprint density at radius 2 is 2.41 bits per heavy atom. The molecule has 2 aromatic heterocycles. The first kappa shape index (κ1) is 11.8. The predicted molar refractivity (Wildman–Crippen MR) is 60.0 cm³/mol. The van der Waals surface area contributed by atoms with E-state index in [4.69, 9.17) is 9.52 Å². The van der Waals surface area contributed by atoms with Gasteiger partial charge in [-0.2, -0.15) is 0 Å². The zero-order chi connectivity index (χ0) is 12.4. The highest BCUT2D eigenvalue weighted by molar-refractivity contribution is 9.10. The number of aromatic nitrogens is 4. The molecule has 0 amide bonds. The SMILES string of the molecule is CC(Cn1nnnc1-c1ccc(Br)o1)C(=O)O. The molecule has 2 heterocycles. The standard InChI is InChI=1S/C9H9BrN4O3/c1-5(9(15)16)4-14-8(11-12-13-14)6-2-3-7(10)17-6/h2-3,5H,4H2,1H3,(H,15,16). The second-order valence-corrected chi connectivity index (χ2v) is 4.31. The van der Waals surface area contributed by atoms with Gasteiger partial charge >= 0.3 is 5.97 Å². The number of rotatable bonds is 4. The van der Waals surface area contributed by atoms with Gasteiger partial charge in [0, 0.05) is 0 Å². The van der Waals surface area contributed by atoms with E-state index in [1.165, 1.54) is 4.68 Å². The highest BCUT2D eigenvalue weighted by Gasteiger charge is 2.18. The average molecular weight is 301 g/mol. The number of aliphatic carboxylic acids is 1. The molecule has 2 aromatic rings. The van der Waals surface area contributed by atoms with Gasteiger partial charge in [0.1, 0.15) is 0 Å². The third-order valence-electron chi connectivity index (χ3n) is 2.19. The van der Waals surface area contributed by atoms with Crippen LogP contribution >= 0.6 is 15.9 Å². The molecule has 1 unspecified atom stereocenters. The number of halogens is 1. The lowest BCUT2D eigenvalue weighted by Gasteiger charge is -2.06. The van der Waals surface area contributed by atoms with E-state index in [2.05, 4.69) is 31.5 Å². The fourth-order valence-corrected chi connectivity index (χ4v) is 1.58. The summed E-state index contributed by atoms with van der Waals surface area (Å²) in [6.45, 7) is 1.78. The number of carboxylic acid groups (broad SMARTS) is 1. The predicted octanol–water partition coefficient (Wildman–Crippen LogP) is 1.42. The van der Waals surface area contributed by atoms with E-state index in [0.29, 0.717) is 16.3 Å². The minimum Gasteiger partial charge on any atom is -0.481 e. The van der Waals surface area contributed by atoms with Crippen LogP contribution in [-0.2, 0) is 11.3 Å². The third kappa shape index (κ3) is 2.52. The molecule has 0 spiro atoms. The zero-order valence-electron chi connectivity index (χ0n) is 8.87. The Hall–Kier alpha value is -1.70. The van der Waals surface area contributed by atoms with Crippen LogP contribution < -0.4 is 0 Å². The average Bonchev–Trinajstić information content (AvgIpc) is 2.86. The number of nitrogens with zero attached hydrogens (tertiary/aromatic N) is 4. The fraction of sp³-hybridized carbons (Fsp3) is 0.333. The highest BCUT2D eigenvalue weighted by atomic mass is 79.9. The molecule has 8 heteroatoms. The van der Waals surface area contributed by atoms with Crippen molar-refractivity contribution >= 4 is 21.9 Å². The Kier molecular flexibility index (Phi) is 3.23. The van der Waals surface area contributed by atoms with Gasteiger partial charge in [0.25, 0.3) is 0 Å². The molecule has 0 saturated carbocycles. The van der Waals surface area contributed by atoms with Gasteiger partial charge in [0.15, 0.2) is 10.4 Å². The van der Waals surface area contributed by atoms with Crippen molar-refractivity contribution in [2.45, 2.75) is 13.5 Å². The Labute approximate surface area is 105 Å². The van der Waals surface area contributed by atoms with E-state index in [0.717, 1.165) is 0 Å². The van der Waals surface area contributed by atoms with Crippen molar-refractivity contribution in [2.75, 3.05) is 0 Å². The molecule has 0 aliphatic carbocycles. The molecule has 2 rings (SSSR count). The van der Waals surface area contributed by atoms with Gasteiger partial charge in [-0.25, -0.2) is 4.68 Å². The zero-order valence-corrected chi connectivity index (χ0v) is 10.5. The van der Waals surface area contributed by atoms with Crippen molar-refractivity contribution in [1.29, 1.82) is 0 Å². The van der Waals surface area contributed by atoms with Crippen molar-refractivity contribution in [3.63, 3.8) is 0 Å². The molecule has 0 aliphatic rings. The monoisotopic (exact) mass is 300 g/mol. The number of hydrogen-bond donors (Lipinski definition) is 1.